The average molecular weight is 406 g/mol. The summed E-state index contributed by atoms with van der Waals surface area (Å²) in [5.41, 5.74) is 0. The fraction of sp³-hybridized carbons (Fsp3) is 1.00. The topological polar surface area (TPSA) is 110 Å². The number of aliphatic hydroxyl groups is 1. The van der Waals surface area contributed by atoms with Crippen LogP contribution in [0.15, 0.2) is 0 Å². The van der Waals surface area contributed by atoms with Crippen LogP contribution in [0.2, 0.25) is 0 Å². The Morgan fingerprint density at radius 3 is 1.32 bits per heavy atom. The molecule has 0 aromatic rings. The maximum Gasteiger partial charge on any atom is 1.00 e. The molecule has 2 unspecified atom stereocenters. The summed E-state index contributed by atoms with van der Waals surface area (Å²) in [6, 6.07) is 0. The van der Waals surface area contributed by atoms with Crippen LogP contribution in [0.4, 0.5) is 0 Å². The van der Waals surface area contributed by atoms with Gasteiger partial charge in [-0.2, -0.15) is 0 Å². The van der Waals surface area contributed by atoms with Gasteiger partial charge < -0.3 is 14.9 Å². The fourth-order valence-corrected chi connectivity index (χ4v) is 2.09. The number of aliphatic hydroxyl groups excluding tert-OH is 1. The van der Waals surface area contributed by atoms with Gasteiger partial charge >= 0.3 is 119 Å². The van der Waals surface area contributed by atoms with Crippen molar-refractivity contribution in [3.8, 4) is 0 Å². The molecule has 0 saturated carbocycles. The fourth-order valence-electron chi connectivity index (χ4n) is 1.65. The van der Waals surface area contributed by atoms with Gasteiger partial charge in [0.2, 0.25) is 0 Å². The van der Waals surface area contributed by atoms with E-state index in [0.717, 1.165) is 6.42 Å². The van der Waals surface area contributed by atoms with Crippen LogP contribution in [-0.2, 0) is 13.4 Å². The van der Waals surface area contributed by atoms with E-state index in [1.54, 1.807) is 0 Å². The first-order valence-electron chi connectivity index (χ1n) is 7.12. The van der Waals surface area contributed by atoms with E-state index in [9.17, 15) is 18.9 Å². The van der Waals surface area contributed by atoms with Crippen LogP contribution >= 0.6 is 16.5 Å². The summed E-state index contributed by atoms with van der Waals surface area (Å²) in [4.78, 5) is 18.5. The number of hydrogen-bond acceptors (Lipinski definition) is 6. The van der Waals surface area contributed by atoms with Crippen molar-refractivity contribution in [3.63, 3.8) is 0 Å². The monoisotopic (exact) mass is 406 g/mol. The Morgan fingerprint density at radius 2 is 1.09 bits per heavy atom. The number of hydrogen-bond donors (Lipinski definition) is 1. The van der Waals surface area contributed by atoms with Gasteiger partial charge in [0.05, 0.1) is 0 Å². The zero-order chi connectivity index (χ0) is 15.6. The summed E-state index contributed by atoms with van der Waals surface area (Å²) in [5, 5.41) is 8.57. The smallest absolute Gasteiger partial charge is 0.563 e. The minimum Gasteiger partial charge on any atom is -0.563 e. The molecule has 120 valence electrons. The van der Waals surface area contributed by atoms with Crippen LogP contribution in [-0.4, -0.2) is 11.7 Å². The van der Waals surface area contributed by atoms with Crippen molar-refractivity contribution in [1.29, 1.82) is 0 Å². The predicted octanol–water partition coefficient (Wildman–Crippen LogP) is -3.05. The van der Waals surface area contributed by atoms with Crippen LogP contribution in [0.3, 0.4) is 0 Å². The third-order valence-corrected chi connectivity index (χ3v) is 3.71. The zero-order valence-electron chi connectivity index (χ0n) is 14.2. The molecule has 1 N–H and O–H groups in total. The van der Waals surface area contributed by atoms with Crippen LogP contribution in [0.5, 0.6) is 0 Å². The Kier molecular flexibility index (Phi) is 43.6. The molecule has 0 aliphatic carbocycles. The Morgan fingerprint density at radius 1 is 0.773 bits per heavy atom. The molecule has 6 nitrogen and oxygen atoms in total. The molecule has 2 atom stereocenters. The summed E-state index contributed by atoms with van der Waals surface area (Å²) in [6.45, 7) is 2.63. The van der Waals surface area contributed by atoms with Gasteiger partial charge in [0, 0.05) is 6.61 Å². The molecule has 0 bridgehead atoms. The second kappa shape index (κ2) is 29.1. The Hall–Kier alpha value is 3.31. The molecule has 0 amide bonds. The first-order chi connectivity index (χ1) is 9.54. The molecular formula is C12H26K2O6P2+2. The summed E-state index contributed by atoms with van der Waals surface area (Å²) >= 11 is 0. The summed E-state index contributed by atoms with van der Waals surface area (Å²) in [6.07, 6.45) is 13.3. The maximum atomic E-state index is 9.24. The number of rotatable bonds is 12. The average Bonchev–Trinajstić information content (AvgIpc) is 2.36. The summed E-state index contributed by atoms with van der Waals surface area (Å²) < 4.78 is 21.6. The third kappa shape index (κ3) is 38.7. The zero-order valence-corrected chi connectivity index (χ0v) is 22.2. The van der Waals surface area contributed by atoms with Crippen molar-refractivity contribution in [2.24, 2.45) is 0 Å². The molecule has 0 aliphatic rings. The van der Waals surface area contributed by atoms with Crippen molar-refractivity contribution in [3.05, 3.63) is 0 Å². The van der Waals surface area contributed by atoms with Crippen molar-refractivity contribution in [1.82, 2.24) is 0 Å². The van der Waals surface area contributed by atoms with E-state index < -0.39 is 16.5 Å². The Labute approximate surface area is 221 Å². The van der Waals surface area contributed by atoms with Crippen molar-refractivity contribution in [2.75, 3.05) is 6.61 Å². The Balaban J connectivity index is -0.000000156. The van der Waals surface area contributed by atoms with Gasteiger partial charge in [0.15, 0.2) is 0 Å². The van der Waals surface area contributed by atoms with Gasteiger partial charge in [-0.15, -0.1) is 0 Å². The normalized spacial score (nSPS) is 10.5. The molecule has 0 heterocycles. The molecule has 22 heavy (non-hydrogen) atoms. The summed E-state index contributed by atoms with van der Waals surface area (Å²) in [7, 11) is -6.47. The second-order valence-corrected chi connectivity index (χ2v) is 5.98. The maximum absolute atomic E-state index is 9.24. The molecule has 0 radical (unpaired) electrons. The molecule has 0 aliphatic heterocycles. The number of unbranched alkanes of at least 4 members (excludes halogenated alkanes) is 9. The van der Waals surface area contributed by atoms with Gasteiger partial charge in [0.1, 0.15) is 4.31 Å². The quantitative estimate of drug-likeness (QED) is 0.209. The van der Waals surface area contributed by atoms with Gasteiger partial charge in [-0.05, 0) is 15.6 Å². The Bertz CT molecular complexity index is 226. The molecule has 10 heteroatoms. The van der Waals surface area contributed by atoms with E-state index in [1.807, 2.05) is 0 Å². The van der Waals surface area contributed by atoms with E-state index >= 15 is 0 Å². The van der Waals surface area contributed by atoms with Crippen molar-refractivity contribution in [2.45, 2.75) is 71.1 Å². The van der Waals surface area contributed by atoms with E-state index in [1.165, 1.54) is 57.8 Å². The minimum atomic E-state index is -3.24. The van der Waals surface area contributed by atoms with E-state index in [4.69, 9.17) is 5.11 Å². The van der Waals surface area contributed by atoms with E-state index in [0.29, 0.717) is 6.61 Å². The first kappa shape index (κ1) is 32.9. The van der Waals surface area contributed by atoms with Crippen LogP contribution in [0.1, 0.15) is 71.1 Å². The van der Waals surface area contributed by atoms with Crippen molar-refractivity contribution >= 4 is 16.5 Å². The predicted molar refractivity (Wildman–Crippen MR) is 75.2 cm³/mol. The molecule has 0 aromatic heterocycles. The first-order valence-corrected chi connectivity index (χ1v) is 9.31. The largest absolute Gasteiger partial charge is 1.00 e. The van der Waals surface area contributed by atoms with Gasteiger partial charge in [-0.25, -0.2) is 0 Å². The van der Waals surface area contributed by atoms with Crippen LogP contribution in [0.25, 0.3) is 0 Å². The van der Waals surface area contributed by atoms with Crippen LogP contribution in [0, 0.1) is 0 Å². The molecule has 0 rings (SSSR count). The minimum absolute atomic E-state index is 0. The molecule has 0 saturated heterocycles. The van der Waals surface area contributed by atoms with Gasteiger partial charge in [0.25, 0.3) is 0 Å². The second-order valence-electron chi connectivity index (χ2n) is 4.43. The molecular weight excluding hydrogens is 380 g/mol. The van der Waals surface area contributed by atoms with Gasteiger partial charge in [-0.3, -0.25) is 0 Å². The third-order valence-electron chi connectivity index (χ3n) is 2.65. The molecule has 0 aromatic carbocycles. The van der Waals surface area contributed by atoms with Crippen molar-refractivity contribution < 1.29 is 131 Å². The van der Waals surface area contributed by atoms with Gasteiger partial charge in [-0.1, -0.05) is 64.7 Å². The molecule has 0 fully saturated rings. The summed E-state index contributed by atoms with van der Waals surface area (Å²) in [5.74, 6) is 0. The van der Waals surface area contributed by atoms with E-state index in [-0.39, 0.29) is 103 Å². The van der Waals surface area contributed by atoms with Crippen LogP contribution < -0.4 is 113 Å². The standard InChI is InChI=1S/C12H26O.2K.O5P2/c1-2-3-4-5-6-7-8-9-10-11-12-13;;;1-6(2)5-7(3)4/h13H,2-12H2,1H3;;;/q;2*+1;. The van der Waals surface area contributed by atoms with E-state index in [2.05, 4.69) is 11.2 Å². The SMILES string of the molecule is CCCCCCCCCCCCO.O=[P+]([O-])O[P+](=O)[O-].[K+].[K+]. The molecule has 0 spiro atoms.